The third-order valence-corrected chi connectivity index (χ3v) is 3.91. The molecular weight excluding hydrogens is 241 g/mol. The molecule has 0 aliphatic heterocycles. The van der Waals surface area contributed by atoms with Crippen LogP contribution < -0.4 is 0 Å². The molecule has 3 atom stereocenters. The minimum absolute atomic E-state index is 0.0218. The Bertz CT molecular complexity index is 294. The van der Waals surface area contributed by atoms with Crippen LogP contribution in [0.5, 0.6) is 0 Å². The van der Waals surface area contributed by atoms with Crippen LogP contribution in [-0.4, -0.2) is 11.3 Å². The molecule has 0 rings (SSSR count). The Kier molecular flexibility index (Phi) is 6.50. The van der Waals surface area contributed by atoms with Gasteiger partial charge in [0.05, 0.1) is 6.26 Å². The standard InChI is InChI=1S/C14H23F3O/c1-5-13(4,10-14(15,16)17)12(3)11(2)8-6-7-9-18/h6-9,11-12,18H,5,10H2,1-4H3/b8-6-,9-7+/t11-,12?,13?/m1/s1. The van der Waals surface area contributed by atoms with Crippen molar-refractivity contribution < 1.29 is 18.3 Å². The van der Waals surface area contributed by atoms with Gasteiger partial charge >= 0.3 is 6.18 Å². The third kappa shape index (κ3) is 5.61. The molecule has 106 valence electrons. The van der Waals surface area contributed by atoms with E-state index in [9.17, 15) is 13.2 Å². The van der Waals surface area contributed by atoms with Gasteiger partial charge in [-0.2, -0.15) is 13.2 Å². The second-order valence-corrected chi connectivity index (χ2v) is 5.17. The molecule has 0 aromatic rings. The quantitative estimate of drug-likeness (QED) is 0.513. The minimum atomic E-state index is -4.13. The van der Waals surface area contributed by atoms with E-state index in [2.05, 4.69) is 0 Å². The van der Waals surface area contributed by atoms with Crippen molar-refractivity contribution >= 4 is 0 Å². The first-order valence-electron chi connectivity index (χ1n) is 6.20. The first kappa shape index (κ1) is 17.1. The number of hydrogen-bond donors (Lipinski definition) is 1. The molecule has 0 bridgehead atoms. The van der Waals surface area contributed by atoms with Crippen molar-refractivity contribution in [1.82, 2.24) is 0 Å². The van der Waals surface area contributed by atoms with Crippen LogP contribution in [0.2, 0.25) is 0 Å². The maximum absolute atomic E-state index is 12.6. The van der Waals surface area contributed by atoms with Crippen LogP contribution in [0, 0.1) is 17.3 Å². The molecule has 0 saturated carbocycles. The van der Waals surface area contributed by atoms with Gasteiger partial charge < -0.3 is 5.11 Å². The molecule has 4 heteroatoms. The van der Waals surface area contributed by atoms with E-state index in [0.717, 1.165) is 6.26 Å². The van der Waals surface area contributed by atoms with Gasteiger partial charge in [-0.1, -0.05) is 46.3 Å². The lowest BCUT2D eigenvalue weighted by Gasteiger charge is -2.38. The highest BCUT2D eigenvalue weighted by atomic mass is 19.4. The number of rotatable bonds is 6. The second kappa shape index (κ2) is 6.86. The lowest BCUT2D eigenvalue weighted by molar-refractivity contribution is -0.165. The van der Waals surface area contributed by atoms with Crippen LogP contribution in [0.25, 0.3) is 0 Å². The summed E-state index contributed by atoms with van der Waals surface area (Å²) >= 11 is 0. The number of halogens is 3. The summed E-state index contributed by atoms with van der Waals surface area (Å²) in [6.45, 7) is 7.24. The third-order valence-electron chi connectivity index (χ3n) is 3.91. The highest BCUT2D eigenvalue weighted by molar-refractivity contribution is 5.03. The number of alkyl halides is 3. The largest absolute Gasteiger partial charge is 0.516 e. The average Bonchev–Trinajstić information content (AvgIpc) is 2.25. The van der Waals surface area contributed by atoms with Gasteiger partial charge in [-0.15, -0.1) is 0 Å². The fraction of sp³-hybridized carbons (Fsp3) is 0.714. The van der Waals surface area contributed by atoms with E-state index in [1.54, 1.807) is 19.9 Å². The van der Waals surface area contributed by atoms with Crippen molar-refractivity contribution in [2.45, 2.75) is 46.7 Å². The highest BCUT2D eigenvalue weighted by Gasteiger charge is 2.42. The van der Waals surface area contributed by atoms with Crippen LogP contribution in [0.15, 0.2) is 24.5 Å². The summed E-state index contributed by atoms with van der Waals surface area (Å²) in [5.41, 5.74) is -0.759. The number of allylic oxidation sites excluding steroid dienone is 3. The van der Waals surface area contributed by atoms with Gasteiger partial charge in [0.1, 0.15) is 0 Å². The van der Waals surface area contributed by atoms with E-state index in [4.69, 9.17) is 5.11 Å². The Hall–Kier alpha value is -0.930. The Labute approximate surface area is 107 Å². The van der Waals surface area contributed by atoms with E-state index in [-0.39, 0.29) is 11.8 Å². The molecule has 0 radical (unpaired) electrons. The van der Waals surface area contributed by atoms with E-state index >= 15 is 0 Å². The minimum Gasteiger partial charge on any atom is -0.516 e. The zero-order chi connectivity index (χ0) is 14.4. The van der Waals surface area contributed by atoms with Crippen molar-refractivity contribution in [3.05, 3.63) is 24.5 Å². The molecule has 1 N–H and O–H groups in total. The summed E-state index contributed by atoms with van der Waals surface area (Å²) in [7, 11) is 0. The van der Waals surface area contributed by atoms with E-state index in [1.807, 2.05) is 19.9 Å². The summed E-state index contributed by atoms with van der Waals surface area (Å²) in [5, 5.41) is 8.50. The first-order valence-corrected chi connectivity index (χ1v) is 6.20. The fourth-order valence-corrected chi connectivity index (χ4v) is 2.16. The summed E-state index contributed by atoms with van der Waals surface area (Å²) in [5.74, 6) is -0.0685. The lowest BCUT2D eigenvalue weighted by atomic mass is 9.68. The predicted molar refractivity (Wildman–Crippen MR) is 68.3 cm³/mol. The van der Waals surface area contributed by atoms with Gasteiger partial charge in [0.25, 0.3) is 0 Å². The maximum Gasteiger partial charge on any atom is 0.389 e. The smallest absolute Gasteiger partial charge is 0.389 e. The molecule has 0 aliphatic rings. The normalized spacial score (nSPS) is 20.2. The number of aliphatic hydroxyl groups is 1. The molecular formula is C14H23F3O. The van der Waals surface area contributed by atoms with Gasteiger partial charge in [0, 0.05) is 6.42 Å². The van der Waals surface area contributed by atoms with Gasteiger partial charge in [0.2, 0.25) is 0 Å². The Morgan fingerprint density at radius 1 is 1.17 bits per heavy atom. The molecule has 0 amide bonds. The van der Waals surface area contributed by atoms with E-state index in [0.29, 0.717) is 6.42 Å². The summed E-state index contributed by atoms with van der Waals surface area (Å²) < 4.78 is 37.8. The molecule has 0 aliphatic carbocycles. The highest BCUT2D eigenvalue weighted by Crippen LogP contribution is 2.44. The Balaban J connectivity index is 4.83. The molecule has 0 aromatic carbocycles. The Morgan fingerprint density at radius 2 is 1.72 bits per heavy atom. The Morgan fingerprint density at radius 3 is 2.11 bits per heavy atom. The molecule has 1 nitrogen and oxygen atoms in total. The summed E-state index contributed by atoms with van der Waals surface area (Å²) in [6.07, 6.45) is 1.44. The van der Waals surface area contributed by atoms with Crippen molar-refractivity contribution in [1.29, 1.82) is 0 Å². The molecule has 2 unspecified atom stereocenters. The first-order chi connectivity index (χ1) is 8.16. The second-order valence-electron chi connectivity index (χ2n) is 5.17. The average molecular weight is 264 g/mol. The van der Waals surface area contributed by atoms with Crippen LogP contribution in [-0.2, 0) is 0 Å². The van der Waals surface area contributed by atoms with Crippen LogP contribution in [0.3, 0.4) is 0 Å². The molecule has 0 heterocycles. The molecule has 0 aromatic heterocycles. The number of hydrogen-bond acceptors (Lipinski definition) is 1. The zero-order valence-corrected chi connectivity index (χ0v) is 11.5. The van der Waals surface area contributed by atoms with Crippen LogP contribution in [0.4, 0.5) is 13.2 Å². The summed E-state index contributed by atoms with van der Waals surface area (Å²) in [6, 6.07) is 0. The van der Waals surface area contributed by atoms with Crippen LogP contribution >= 0.6 is 0 Å². The zero-order valence-electron chi connectivity index (χ0n) is 11.5. The molecule has 18 heavy (non-hydrogen) atoms. The van der Waals surface area contributed by atoms with E-state index < -0.39 is 18.0 Å². The van der Waals surface area contributed by atoms with Gasteiger partial charge in [-0.3, -0.25) is 0 Å². The van der Waals surface area contributed by atoms with Gasteiger partial charge in [0.15, 0.2) is 0 Å². The van der Waals surface area contributed by atoms with Crippen molar-refractivity contribution in [3.63, 3.8) is 0 Å². The number of aliphatic hydroxyl groups excluding tert-OH is 1. The summed E-state index contributed by atoms with van der Waals surface area (Å²) in [4.78, 5) is 0. The SMILES string of the molecule is CCC(C)(CC(F)(F)F)C(C)[C@H](C)/C=C\C=C\O. The molecule has 0 fully saturated rings. The topological polar surface area (TPSA) is 20.2 Å². The van der Waals surface area contributed by atoms with E-state index in [1.165, 1.54) is 6.08 Å². The maximum atomic E-state index is 12.6. The predicted octanol–water partition coefficient (Wildman–Crippen LogP) is 5.26. The van der Waals surface area contributed by atoms with Crippen LogP contribution in [0.1, 0.15) is 40.5 Å². The van der Waals surface area contributed by atoms with Crippen molar-refractivity contribution in [3.8, 4) is 0 Å². The molecule has 0 saturated heterocycles. The van der Waals surface area contributed by atoms with Crippen molar-refractivity contribution in [2.75, 3.05) is 0 Å². The fourth-order valence-electron chi connectivity index (χ4n) is 2.16. The molecule has 0 spiro atoms. The lowest BCUT2D eigenvalue weighted by Crippen LogP contribution is -2.33. The monoisotopic (exact) mass is 264 g/mol. The van der Waals surface area contributed by atoms with Gasteiger partial charge in [-0.25, -0.2) is 0 Å². The van der Waals surface area contributed by atoms with Crippen molar-refractivity contribution in [2.24, 2.45) is 17.3 Å². The van der Waals surface area contributed by atoms with Gasteiger partial charge in [-0.05, 0) is 23.3 Å².